The van der Waals surface area contributed by atoms with Crippen LogP contribution in [0.5, 0.6) is 0 Å². The summed E-state index contributed by atoms with van der Waals surface area (Å²) in [5.74, 6) is -0.330. The van der Waals surface area contributed by atoms with Crippen LogP contribution < -0.4 is 10.6 Å². The number of thioether (sulfide) groups is 1. The summed E-state index contributed by atoms with van der Waals surface area (Å²) in [6.07, 6.45) is -2.21. The zero-order valence-electron chi connectivity index (χ0n) is 31.6. The number of aliphatic hydroxyl groups is 1. The summed E-state index contributed by atoms with van der Waals surface area (Å²) in [7, 11) is 0. The van der Waals surface area contributed by atoms with Gasteiger partial charge in [-0.3, -0.25) is 9.59 Å². The number of likely N-dealkylation sites (tertiary alicyclic amines) is 1. The third-order valence-corrected chi connectivity index (χ3v) is 11.0. The highest BCUT2D eigenvalue weighted by molar-refractivity contribution is 8.00. The molecule has 2 aromatic carbocycles. The molecule has 1 spiro atoms. The van der Waals surface area contributed by atoms with Gasteiger partial charge in [0, 0.05) is 24.8 Å². The largest absolute Gasteiger partial charge is 0.449 e. The molecule has 2 aliphatic heterocycles. The lowest BCUT2D eigenvalue weighted by Gasteiger charge is -2.47. The smallest absolute Gasteiger partial charge is 0.408 e. The normalized spacial score (nSPS) is 21.1. The Morgan fingerprint density at radius 3 is 2.04 bits per heavy atom. The molecule has 0 saturated carbocycles. The molecule has 13 heteroatoms. The molecule has 5 atom stereocenters. The molecular formula is C39H54N4O8S. The number of aliphatic hydroxyl groups excluding tert-OH is 1. The first-order valence-corrected chi connectivity index (χ1v) is 19.1. The average Bonchev–Trinajstić information content (AvgIpc) is 3.61. The topological polar surface area (TPSA) is 147 Å². The van der Waals surface area contributed by atoms with E-state index in [1.165, 1.54) is 6.92 Å². The van der Waals surface area contributed by atoms with Gasteiger partial charge in [-0.2, -0.15) is 0 Å². The van der Waals surface area contributed by atoms with Gasteiger partial charge in [0.1, 0.15) is 29.2 Å². The molecule has 0 aromatic heterocycles. The van der Waals surface area contributed by atoms with Crippen LogP contribution in [0.2, 0.25) is 0 Å². The number of hydrogen-bond donors (Lipinski definition) is 3. The molecule has 1 aliphatic carbocycles. The second kappa shape index (κ2) is 15.7. The Kier molecular flexibility index (Phi) is 11.9. The standard InChI is InChI=1S/C39H54N4O8S/c1-24(44)31(40-35(47)49-22-30-28-16-11-9-14-26(28)27-15-10-12-17-29(27)30)34(46)43-20-21-52-39(43)18-13-19-42(23-39)33(45)32(25(2)50-37(3,4)5)41-36(48)51-38(6,7)8/h9-12,14-17,24-25,30-32,44H,13,18-23H2,1-8H3,(H,40,47)(H,41,48)/t24-,25-,31+,32+,39?/m1/s1. The first kappa shape index (κ1) is 39.4. The number of carbonyl (C=O) groups excluding carboxylic acids is 4. The molecule has 52 heavy (non-hydrogen) atoms. The first-order chi connectivity index (χ1) is 24.4. The average molecular weight is 739 g/mol. The lowest BCUT2D eigenvalue weighted by atomic mass is 9.98. The van der Waals surface area contributed by atoms with Crippen molar-refractivity contribution in [3.8, 4) is 11.1 Å². The quantitative estimate of drug-likeness (QED) is 0.314. The Morgan fingerprint density at radius 1 is 0.865 bits per heavy atom. The SMILES string of the molecule is C[C@@H](O)[C@H](NC(=O)OCC1c2ccccc2-c2ccccc21)C(=O)N1CCSC12CCCN(C(=O)[C@@H](NC(=O)OC(C)(C)C)[C@@H](C)OC(C)(C)C)C2. The molecule has 0 bridgehead atoms. The van der Waals surface area contributed by atoms with Crippen molar-refractivity contribution in [1.82, 2.24) is 20.4 Å². The fraction of sp³-hybridized carbons (Fsp3) is 0.590. The van der Waals surface area contributed by atoms with Crippen LogP contribution in [-0.4, -0.2) is 111 Å². The van der Waals surface area contributed by atoms with E-state index in [0.29, 0.717) is 31.7 Å². The van der Waals surface area contributed by atoms with Gasteiger partial charge < -0.3 is 39.8 Å². The molecule has 2 fully saturated rings. The van der Waals surface area contributed by atoms with Crippen molar-refractivity contribution in [3.63, 3.8) is 0 Å². The van der Waals surface area contributed by atoms with Gasteiger partial charge in [0.2, 0.25) is 11.8 Å². The van der Waals surface area contributed by atoms with Crippen molar-refractivity contribution in [2.75, 3.05) is 32.0 Å². The van der Waals surface area contributed by atoms with E-state index in [4.69, 9.17) is 14.2 Å². The van der Waals surface area contributed by atoms with E-state index < -0.39 is 58.5 Å². The summed E-state index contributed by atoms with van der Waals surface area (Å²) in [5.41, 5.74) is 2.98. The van der Waals surface area contributed by atoms with Gasteiger partial charge in [0.15, 0.2) is 0 Å². The van der Waals surface area contributed by atoms with Crippen LogP contribution in [0.1, 0.15) is 85.3 Å². The third-order valence-electron chi connectivity index (χ3n) is 9.50. The first-order valence-electron chi connectivity index (χ1n) is 18.1. The number of carbonyl (C=O) groups is 4. The number of nitrogens with one attached hydrogen (secondary N) is 2. The predicted octanol–water partition coefficient (Wildman–Crippen LogP) is 5.27. The van der Waals surface area contributed by atoms with E-state index in [9.17, 15) is 24.3 Å². The lowest BCUT2D eigenvalue weighted by Crippen LogP contribution is -2.64. The van der Waals surface area contributed by atoms with Gasteiger partial charge in [-0.05, 0) is 90.5 Å². The minimum absolute atomic E-state index is 0.0665. The number of amides is 4. The van der Waals surface area contributed by atoms with Crippen LogP contribution in [0.4, 0.5) is 9.59 Å². The summed E-state index contributed by atoms with van der Waals surface area (Å²) in [4.78, 5) is 57.1. The van der Waals surface area contributed by atoms with Crippen LogP contribution in [0.25, 0.3) is 11.1 Å². The van der Waals surface area contributed by atoms with E-state index in [1.807, 2.05) is 57.2 Å². The highest BCUT2D eigenvalue weighted by atomic mass is 32.2. The number of piperidine rings is 1. The molecule has 0 radical (unpaired) electrons. The maximum Gasteiger partial charge on any atom is 0.408 e. The molecule has 2 aromatic rings. The summed E-state index contributed by atoms with van der Waals surface area (Å²) in [5, 5.41) is 16.2. The van der Waals surface area contributed by atoms with E-state index >= 15 is 0 Å². The Labute approximate surface area is 311 Å². The Bertz CT molecular complexity index is 1590. The van der Waals surface area contributed by atoms with Crippen molar-refractivity contribution in [1.29, 1.82) is 0 Å². The third kappa shape index (κ3) is 9.03. The van der Waals surface area contributed by atoms with Gasteiger partial charge in [0.25, 0.3) is 0 Å². The second-order valence-corrected chi connectivity index (χ2v) is 17.4. The zero-order valence-corrected chi connectivity index (χ0v) is 32.4. The fourth-order valence-corrected chi connectivity index (χ4v) is 8.94. The van der Waals surface area contributed by atoms with E-state index in [-0.39, 0.29) is 25.0 Å². The van der Waals surface area contributed by atoms with Gasteiger partial charge in [-0.1, -0.05) is 48.5 Å². The van der Waals surface area contributed by atoms with E-state index in [0.717, 1.165) is 22.3 Å². The number of ether oxygens (including phenoxy) is 3. The Hall–Kier alpha value is -3.81. The summed E-state index contributed by atoms with van der Waals surface area (Å²) < 4.78 is 17.3. The Balaban J connectivity index is 1.28. The molecule has 5 rings (SSSR count). The molecule has 3 N–H and O–H groups in total. The second-order valence-electron chi connectivity index (χ2n) is 15.9. The van der Waals surface area contributed by atoms with E-state index in [1.54, 1.807) is 49.3 Å². The minimum Gasteiger partial charge on any atom is -0.449 e. The maximum absolute atomic E-state index is 14.2. The summed E-state index contributed by atoms with van der Waals surface area (Å²) in [6, 6.07) is 13.7. The van der Waals surface area contributed by atoms with Gasteiger partial charge in [0.05, 0.1) is 24.4 Å². The number of rotatable bonds is 9. The number of nitrogens with zero attached hydrogens (tertiary/aromatic N) is 2. The van der Waals surface area contributed by atoms with Crippen molar-refractivity contribution in [2.45, 2.75) is 115 Å². The van der Waals surface area contributed by atoms with Gasteiger partial charge in [-0.15, -0.1) is 11.8 Å². The minimum atomic E-state index is -1.26. The van der Waals surface area contributed by atoms with Gasteiger partial charge >= 0.3 is 12.2 Å². The fourth-order valence-electron chi connectivity index (χ4n) is 7.41. The summed E-state index contributed by atoms with van der Waals surface area (Å²) >= 11 is 1.58. The summed E-state index contributed by atoms with van der Waals surface area (Å²) in [6.45, 7) is 15.2. The van der Waals surface area contributed by atoms with Crippen LogP contribution in [-0.2, 0) is 23.8 Å². The molecule has 284 valence electrons. The molecule has 12 nitrogen and oxygen atoms in total. The van der Waals surface area contributed by atoms with Crippen LogP contribution >= 0.6 is 11.8 Å². The Morgan fingerprint density at radius 2 is 1.46 bits per heavy atom. The van der Waals surface area contributed by atoms with Crippen molar-refractivity contribution >= 4 is 35.8 Å². The van der Waals surface area contributed by atoms with E-state index in [2.05, 4.69) is 22.8 Å². The molecule has 2 saturated heterocycles. The van der Waals surface area contributed by atoms with Crippen molar-refractivity contribution in [2.24, 2.45) is 0 Å². The van der Waals surface area contributed by atoms with Crippen LogP contribution in [0, 0.1) is 0 Å². The van der Waals surface area contributed by atoms with Crippen molar-refractivity contribution in [3.05, 3.63) is 59.7 Å². The van der Waals surface area contributed by atoms with Gasteiger partial charge in [-0.25, -0.2) is 9.59 Å². The van der Waals surface area contributed by atoms with Crippen molar-refractivity contribution < 1.29 is 38.5 Å². The zero-order chi connectivity index (χ0) is 38.0. The number of benzene rings is 2. The predicted molar refractivity (Wildman–Crippen MR) is 200 cm³/mol. The molecule has 4 amide bonds. The molecular weight excluding hydrogens is 685 g/mol. The highest BCUT2D eigenvalue weighted by Gasteiger charge is 2.51. The maximum atomic E-state index is 14.2. The number of alkyl carbamates (subject to hydrolysis) is 2. The molecule has 2 heterocycles. The highest BCUT2D eigenvalue weighted by Crippen LogP contribution is 2.45. The lowest BCUT2D eigenvalue weighted by molar-refractivity contribution is -0.148. The monoisotopic (exact) mass is 738 g/mol. The molecule has 1 unspecified atom stereocenters. The van der Waals surface area contributed by atoms with Crippen LogP contribution in [0.15, 0.2) is 48.5 Å². The number of hydrogen-bond acceptors (Lipinski definition) is 9. The molecule has 3 aliphatic rings. The number of fused-ring (bicyclic) bond motifs is 3. The van der Waals surface area contributed by atoms with Crippen LogP contribution in [0.3, 0.4) is 0 Å².